The second kappa shape index (κ2) is 6.37. The van der Waals surface area contributed by atoms with Crippen LogP contribution >= 0.6 is 0 Å². The lowest BCUT2D eigenvalue weighted by Gasteiger charge is -2.10. The number of hydrogen-bond donors (Lipinski definition) is 0. The third-order valence-electron chi connectivity index (χ3n) is 2.82. The number of halogens is 2. The molecule has 0 saturated carbocycles. The van der Waals surface area contributed by atoms with Crippen molar-refractivity contribution in [1.29, 1.82) is 0 Å². The summed E-state index contributed by atoms with van der Waals surface area (Å²) in [5.74, 6) is -1.24. The summed E-state index contributed by atoms with van der Waals surface area (Å²) in [6, 6.07) is 9.80. The average molecular weight is 278 g/mol. The van der Waals surface area contributed by atoms with Crippen molar-refractivity contribution in [1.82, 2.24) is 0 Å². The van der Waals surface area contributed by atoms with Crippen LogP contribution in [0, 0.1) is 11.6 Å². The number of ether oxygens (including phenoxy) is 2. The van der Waals surface area contributed by atoms with E-state index < -0.39 is 11.6 Å². The first-order valence-corrected chi connectivity index (χ1v) is 6.51. The summed E-state index contributed by atoms with van der Waals surface area (Å²) in [4.78, 5) is 0. The molecular weight excluding hydrogens is 262 g/mol. The summed E-state index contributed by atoms with van der Waals surface area (Å²) in [6.45, 7) is 4.46. The van der Waals surface area contributed by atoms with Gasteiger partial charge in [0.25, 0.3) is 0 Å². The minimum Gasteiger partial charge on any atom is -0.494 e. The van der Waals surface area contributed by atoms with Crippen molar-refractivity contribution in [2.75, 3.05) is 13.2 Å². The van der Waals surface area contributed by atoms with Crippen LogP contribution in [0.1, 0.15) is 13.8 Å². The molecule has 0 aliphatic heterocycles. The van der Waals surface area contributed by atoms with Gasteiger partial charge in [-0.25, -0.2) is 4.39 Å². The zero-order chi connectivity index (χ0) is 14.5. The Morgan fingerprint density at radius 2 is 1.45 bits per heavy atom. The van der Waals surface area contributed by atoms with Crippen molar-refractivity contribution in [3.8, 4) is 22.6 Å². The molecule has 0 spiro atoms. The first-order chi connectivity index (χ1) is 9.67. The van der Waals surface area contributed by atoms with Gasteiger partial charge in [-0.05, 0) is 43.7 Å². The van der Waals surface area contributed by atoms with Crippen molar-refractivity contribution < 1.29 is 18.3 Å². The Bertz CT molecular complexity index is 580. The minimum absolute atomic E-state index is 0.0697. The Morgan fingerprint density at radius 3 is 2.05 bits per heavy atom. The molecule has 0 fully saturated rings. The molecular formula is C16H16F2O2. The van der Waals surface area contributed by atoms with E-state index in [-0.39, 0.29) is 11.3 Å². The van der Waals surface area contributed by atoms with E-state index in [1.54, 1.807) is 31.2 Å². The highest BCUT2D eigenvalue weighted by atomic mass is 19.2. The van der Waals surface area contributed by atoms with Gasteiger partial charge in [0.1, 0.15) is 5.75 Å². The maximum Gasteiger partial charge on any atom is 0.201 e. The molecule has 0 bridgehead atoms. The summed E-state index contributed by atoms with van der Waals surface area (Å²) >= 11 is 0. The molecule has 0 aliphatic rings. The molecule has 4 heteroatoms. The van der Waals surface area contributed by atoms with E-state index in [2.05, 4.69) is 0 Å². The Hall–Kier alpha value is -2.10. The minimum atomic E-state index is -0.960. The molecule has 0 heterocycles. The number of benzene rings is 2. The summed E-state index contributed by atoms with van der Waals surface area (Å²) in [5.41, 5.74) is 0.793. The second-order valence-corrected chi connectivity index (χ2v) is 4.13. The van der Waals surface area contributed by atoms with Gasteiger partial charge in [-0.1, -0.05) is 12.1 Å². The second-order valence-electron chi connectivity index (χ2n) is 4.13. The quantitative estimate of drug-likeness (QED) is 0.805. The molecule has 0 N–H and O–H groups in total. The molecule has 0 aliphatic carbocycles. The lowest BCUT2D eigenvalue weighted by Crippen LogP contribution is -1.98. The van der Waals surface area contributed by atoms with E-state index in [0.29, 0.717) is 24.5 Å². The molecule has 0 radical (unpaired) electrons. The van der Waals surface area contributed by atoms with Crippen molar-refractivity contribution in [3.63, 3.8) is 0 Å². The maximum absolute atomic E-state index is 14.0. The standard InChI is InChI=1S/C16H16F2O2/c1-3-19-12-7-5-11(6-8-12)13-9-10-14(20-4-2)16(18)15(13)17/h5-10H,3-4H2,1-2H3. The molecule has 2 nitrogen and oxygen atoms in total. The summed E-state index contributed by atoms with van der Waals surface area (Å²) in [7, 11) is 0. The fraction of sp³-hybridized carbons (Fsp3) is 0.250. The summed E-state index contributed by atoms with van der Waals surface area (Å²) in [5, 5.41) is 0. The van der Waals surface area contributed by atoms with E-state index in [1.165, 1.54) is 12.1 Å². The van der Waals surface area contributed by atoms with E-state index in [4.69, 9.17) is 9.47 Å². The van der Waals surface area contributed by atoms with Crippen LogP contribution in [-0.2, 0) is 0 Å². The topological polar surface area (TPSA) is 18.5 Å². The van der Waals surface area contributed by atoms with Crippen LogP contribution in [-0.4, -0.2) is 13.2 Å². The highest BCUT2D eigenvalue weighted by Gasteiger charge is 2.15. The predicted octanol–water partition coefficient (Wildman–Crippen LogP) is 4.43. The Labute approximate surface area is 117 Å². The van der Waals surface area contributed by atoms with Gasteiger partial charge in [0, 0.05) is 5.56 Å². The van der Waals surface area contributed by atoms with Gasteiger partial charge in [-0.2, -0.15) is 4.39 Å². The Morgan fingerprint density at radius 1 is 0.800 bits per heavy atom. The summed E-state index contributed by atoms with van der Waals surface area (Å²) < 4.78 is 38.2. The fourth-order valence-corrected chi connectivity index (χ4v) is 1.92. The van der Waals surface area contributed by atoms with Gasteiger partial charge in [-0.15, -0.1) is 0 Å². The van der Waals surface area contributed by atoms with Crippen molar-refractivity contribution in [3.05, 3.63) is 48.0 Å². The van der Waals surface area contributed by atoms with E-state index >= 15 is 0 Å². The zero-order valence-electron chi connectivity index (χ0n) is 11.5. The fourth-order valence-electron chi connectivity index (χ4n) is 1.92. The highest BCUT2D eigenvalue weighted by molar-refractivity contribution is 5.66. The third-order valence-corrected chi connectivity index (χ3v) is 2.82. The van der Waals surface area contributed by atoms with Crippen LogP contribution in [0.2, 0.25) is 0 Å². The monoisotopic (exact) mass is 278 g/mol. The van der Waals surface area contributed by atoms with Crippen LogP contribution in [0.5, 0.6) is 11.5 Å². The number of rotatable bonds is 5. The Balaban J connectivity index is 2.35. The lowest BCUT2D eigenvalue weighted by molar-refractivity contribution is 0.314. The molecule has 0 atom stereocenters. The van der Waals surface area contributed by atoms with Gasteiger partial charge < -0.3 is 9.47 Å². The van der Waals surface area contributed by atoms with Crippen LogP contribution in [0.3, 0.4) is 0 Å². The molecule has 2 aromatic carbocycles. The number of hydrogen-bond acceptors (Lipinski definition) is 2. The van der Waals surface area contributed by atoms with Crippen LogP contribution in [0.15, 0.2) is 36.4 Å². The maximum atomic E-state index is 14.0. The van der Waals surface area contributed by atoms with Gasteiger partial charge in [-0.3, -0.25) is 0 Å². The third kappa shape index (κ3) is 2.90. The van der Waals surface area contributed by atoms with Gasteiger partial charge in [0.2, 0.25) is 5.82 Å². The molecule has 0 saturated heterocycles. The van der Waals surface area contributed by atoms with Crippen LogP contribution < -0.4 is 9.47 Å². The van der Waals surface area contributed by atoms with Crippen LogP contribution in [0.4, 0.5) is 8.78 Å². The largest absolute Gasteiger partial charge is 0.494 e. The SMILES string of the molecule is CCOc1ccc(-c2ccc(OCC)c(F)c2F)cc1. The Kier molecular flexibility index (Phi) is 4.56. The van der Waals surface area contributed by atoms with Crippen molar-refractivity contribution >= 4 is 0 Å². The molecule has 20 heavy (non-hydrogen) atoms. The molecule has 0 unspecified atom stereocenters. The first-order valence-electron chi connectivity index (χ1n) is 6.51. The smallest absolute Gasteiger partial charge is 0.201 e. The highest BCUT2D eigenvalue weighted by Crippen LogP contribution is 2.30. The van der Waals surface area contributed by atoms with Crippen molar-refractivity contribution in [2.45, 2.75) is 13.8 Å². The average Bonchev–Trinajstić information content (AvgIpc) is 2.46. The lowest BCUT2D eigenvalue weighted by atomic mass is 10.0. The predicted molar refractivity (Wildman–Crippen MR) is 74.1 cm³/mol. The molecule has 2 rings (SSSR count). The molecule has 106 valence electrons. The van der Waals surface area contributed by atoms with E-state index in [1.807, 2.05) is 6.92 Å². The molecule has 0 amide bonds. The zero-order valence-corrected chi connectivity index (χ0v) is 11.5. The first kappa shape index (κ1) is 14.3. The van der Waals surface area contributed by atoms with Gasteiger partial charge in [0.05, 0.1) is 13.2 Å². The summed E-state index contributed by atoms with van der Waals surface area (Å²) in [6.07, 6.45) is 0. The van der Waals surface area contributed by atoms with Gasteiger partial charge >= 0.3 is 0 Å². The van der Waals surface area contributed by atoms with E-state index in [0.717, 1.165) is 0 Å². The van der Waals surface area contributed by atoms with E-state index in [9.17, 15) is 8.78 Å². The van der Waals surface area contributed by atoms with Gasteiger partial charge in [0.15, 0.2) is 11.6 Å². The molecule has 0 aromatic heterocycles. The normalized spacial score (nSPS) is 10.4. The van der Waals surface area contributed by atoms with Crippen LogP contribution in [0.25, 0.3) is 11.1 Å². The van der Waals surface area contributed by atoms with Crippen molar-refractivity contribution in [2.24, 2.45) is 0 Å². The molecule has 2 aromatic rings.